The molecular weight excluding hydrogens is 407 g/mol. The van der Waals surface area contributed by atoms with Gasteiger partial charge in [0.05, 0.1) is 6.26 Å². The van der Waals surface area contributed by atoms with Gasteiger partial charge in [0, 0.05) is 26.2 Å². The number of furan rings is 1. The van der Waals surface area contributed by atoms with Gasteiger partial charge in [0.1, 0.15) is 0 Å². The Hall–Kier alpha value is -1.25. The highest BCUT2D eigenvalue weighted by molar-refractivity contribution is 14.0. The topological polar surface area (TPSA) is 78.7 Å². The van der Waals surface area contributed by atoms with Gasteiger partial charge in [0.15, 0.2) is 11.7 Å². The standard InChI is InChI=1S/C16H26N4O2.HI/c1-12-5-7-13(8-6-12)20-16(17-2)19-10-9-18-15(21)14-4-3-11-22-14;/h3-4,11-13H,5-10H2,1-2H3,(H,18,21)(H2,17,19,20);1H. The Bertz CT molecular complexity index is 482. The molecule has 0 unspecified atom stereocenters. The fraction of sp³-hybridized carbons (Fsp3) is 0.625. The number of nitrogens with zero attached hydrogens (tertiary/aromatic N) is 1. The van der Waals surface area contributed by atoms with E-state index in [4.69, 9.17) is 4.42 Å². The number of guanidine groups is 1. The normalized spacial score (nSPS) is 21.2. The first-order chi connectivity index (χ1) is 10.7. The largest absolute Gasteiger partial charge is 0.459 e. The predicted molar refractivity (Wildman–Crippen MR) is 102 cm³/mol. The van der Waals surface area contributed by atoms with Crippen LogP contribution in [0.3, 0.4) is 0 Å². The van der Waals surface area contributed by atoms with E-state index >= 15 is 0 Å². The van der Waals surface area contributed by atoms with Gasteiger partial charge in [0.25, 0.3) is 5.91 Å². The number of nitrogens with one attached hydrogen (secondary N) is 3. The number of carbonyl (C=O) groups is 1. The number of halogens is 1. The zero-order valence-corrected chi connectivity index (χ0v) is 16.1. The summed E-state index contributed by atoms with van der Waals surface area (Å²) in [6.07, 6.45) is 6.42. The third-order valence-corrected chi connectivity index (χ3v) is 4.03. The average molecular weight is 434 g/mol. The van der Waals surface area contributed by atoms with E-state index in [2.05, 4.69) is 27.9 Å². The molecule has 0 aliphatic heterocycles. The van der Waals surface area contributed by atoms with Crippen LogP contribution < -0.4 is 16.0 Å². The minimum absolute atomic E-state index is 0. The minimum atomic E-state index is -0.198. The third kappa shape index (κ3) is 6.80. The lowest BCUT2D eigenvalue weighted by Gasteiger charge is -2.28. The summed E-state index contributed by atoms with van der Waals surface area (Å²) in [6.45, 7) is 3.45. The van der Waals surface area contributed by atoms with Crippen LogP contribution >= 0.6 is 24.0 Å². The second-order valence-corrected chi connectivity index (χ2v) is 5.83. The summed E-state index contributed by atoms with van der Waals surface area (Å²) >= 11 is 0. The molecule has 1 aliphatic carbocycles. The quantitative estimate of drug-likeness (QED) is 0.288. The Morgan fingerprint density at radius 3 is 2.57 bits per heavy atom. The van der Waals surface area contributed by atoms with Gasteiger partial charge in [-0.05, 0) is 43.7 Å². The predicted octanol–water partition coefficient (Wildman–Crippen LogP) is 2.37. The first kappa shape index (κ1) is 19.8. The van der Waals surface area contributed by atoms with Crippen molar-refractivity contribution in [2.45, 2.75) is 38.6 Å². The lowest BCUT2D eigenvalue weighted by Crippen LogP contribution is -2.46. The van der Waals surface area contributed by atoms with Gasteiger partial charge in [-0.25, -0.2) is 0 Å². The molecule has 0 radical (unpaired) electrons. The van der Waals surface area contributed by atoms with Crippen LogP contribution in [0.4, 0.5) is 0 Å². The van der Waals surface area contributed by atoms with E-state index in [1.165, 1.54) is 31.9 Å². The maximum Gasteiger partial charge on any atom is 0.287 e. The molecule has 0 spiro atoms. The molecule has 0 aromatic carbocycles. The summed E-state index contributed by atoms with van der Waals surface area (Å²) in [5.74, 6) is 1.77. The van der Waals surface area contributed by atoms with Gasteiger partial charge >= 0.3 is 0 Å². The fourth-order valence-electron chi connectivity index (χ4n) is 2.64. The Morgan fingerprint density at radius 1 is 1.26 bits per heavy atom. The molecule has 1 aromatic heterocycles. The average Bonchev–Trinajstić information content (AvgIpc) is 3.06. The van der Waals surface area contributed by atoms with Crippen molar-refractivity contribution >= 4 is 35.8 Å². The molecule has 1 aliphatic rings. The van der Waals surface area contributed by atoms with E-state index in [9.17, 15) is 4.79 Å². The summed E-state index contributed by atoms with van der Waals surface area (Å²) in [5.41, 5.74) is 0. The number of carbonyl (C=O) groups excluding carboxylic acids is 1. The summed E-state index contributed by atoms with van der Waals surface area (Å²) in [5, 5.41) is 9.47. The first-order valence-electron chi connectivity index (χ1n) is 7.98. The first-order valence-corrected chi connectivity index (χ1v) is 7.98. The molecule has 1 fully saturated rings. The Morgan fingerprint density at radius 2 is 1.96 bits per heavy atom. The molecule has 0 atom stereocenters. The number of rotatable bonds is 5. The molecule has 3 N–H and O–H groups in total. The molecule has 1 saturated carbocycles. The third-order valence-electron chi connectivity index (χ3n) is 4.03. The molecule has 0 bridgehead atoms. The Labute approximate surface area is 154 Å². The molecule has 6 nitrogen and oxygen atoms in total. The molecule has 1 heterocycles. The van der Waals surface area contributed by atoms with Crippen LogP contribution in [0.25, 0.3) is 0 Å². The van der Waals surface area contributed by atoms with E-state index in [1.54, 1.807) is 19.2 Å². The van der Waals surface area contributed by atoms with Crippen molar-refractivity contribution in [2.24, 2.45) is 10.9 Å². The van der Waals surface area contributed by atoms with Crippen molar-refractivity contribution in [2.75, 3.05) is 20.1 Å². The Kier molecular flexibility index (Phi) is 9.05. The molecule has 23 heavy (non-hydrogen) atoms. The van der Waals surface area contributed by atoms with Gasteiger partial charge in [-0.1, -0.05) is 6.92 Å². The smallest absolute Gasteiger partial charge is 0.287 e. The van der Waals surface area contributed by atoms with E-state index in [0.717, 1.165) is 11.9 Å². The fourth-order valence-corrected chi connectivity index (χ4v) is 2.64. The van der Waals surface area contributed by atoms with Crippen molar-refractivity contribution in [1.82, 2.24) is 16.0 Å². The van der Waals surface area contributed by atoms with Crippen LogP contribution in [-0.4, -0.2) is 38.0 Å². The molecular formula is C16H27IN4O2. The van der Waals surface area contributed by atoms with E-state index in [1.807, 2.05) is 0 Å². The zero-order valence-electron chi connectivity index (χ0n) is 13.8. The van der Waals surface area contributed by atoms with Crippen molar-refractivity contribution in [3.8, 4) is 0 Å². The van der Waals surface area contributed by atoms with Crippen molar-refractivity contribution < 1.29 is 9.21 Å². The zero-order chi connectivity index (χ0) is 15.8. The maximum absolute atomic E-state index is 11.7. The van der Waals surface area contributed by atoms with Gasteiger partial charge in [-0.3, -0.25) is 9.79 Å². The lowest BCUT2D eigenvalue weighted by molar-refractivity contribution is 0.0926. The highest BCUT2D eigenvalue weighted by atomic mass is 127. The molecule has 1 aromatic rings. The number of hydrogen-bond acceptors (Lipinski definition) is 3. The van der Waals surface area contributed by atoms with Crippen LogP contribution in [0.5, 0.6) is 0 Å². The summed E-state index contributed by atoms with van der Waals surface area (Å²) in [6, 6.07) is 3.84. The molecule has 2 rings (SSSR count). The van der Waals surface area contributed by atoms with Crippen molar-refractivity contribution in [1.29, 1.82) is 0 Å². The molecule has 1 amide bonds. The van der Waals surface area contributed by atoms with Gasteiger partial charge < -0.3 is 20.4 Å². The monoisotopic (exact) mass is 434 g/mol. The highest BCUT2D eigenvalue weighted by Crippen LogP contribution is 2.23. The summed E-state index contributed by atoms with van der Waals surface area (Å²) < 4.78 is 5.04. The minimum Gasteiger partial charge on any atom is -0.459 e. The van der Waals surface area contributed by atoms with Crippen molar-refractivity contribution in [3.63, 3.8) is 0 Å². The van der Waals surface area contributed by atoms with E-state index in [-0.39, 0.29) is 29.9 Å². The molecule has 0 saturated heterocycles. The van der Waals surface area contributed by atoms with Crippen LogP contribution in [0.15, 0.2) is 27.8 Å². The lowest BCUT2D eigenvalue weighted by atomic mass is 9.87. The second kappa shape index (κ2) is 10.5. The maximum atomic E-state index is 11.7. The van der Waals surface area contributed by atoms with E-state index in [0.29, 0.717) is 24.9 Å². The SMILES string of the molecule is CN=C(NCCNC(=O)c1ccco1)NC1CCC(C)CC1.I. The van der Waals surface area contributed by atoms with Crippen molar-refractivity contribution in [3.05, 3.63) is 24.2 Å². The summed E-state index contributed by atoms with van der Waals surface area (Å²) in [4.78, 5) is 15.9. The molecule has 7 heteroatoms. The van der Waals surface area contributed by atoms with Crippen LogP contribution in [-0.2, 0) is 0 Å². The van der Waals surface area contributed by atoms with Gasteiger partial charge in [-0.15, -0.1) is 24.0 Å². The highest BCUT2D eigenvalue weighted by Gasteiger charge is 2.18. The van der Waals surface area contributed by atoms with E-state index < -0.39 is 0 Å². The van der Waals surface area contributed by atoms with Crippen LogP contribution in [0.2, 0.25) is 0 Å². The number of hydrogen-bond donors (Lipinski definition) is 3. The van der Waals surface area contributed by atoms with Crippen LogP contribution in [0.1, 0.15) is 43.2 Å². The number of aliphatic imine (C=N–C) groups is 1. The second-order valence-electron chi connectivity index (χ2n) is 5.83. The number of amides is 1. The summed E-state index contributed by atoms with van der Waals surface area (Å²) in [7, 11) is 1.77. The Balaban J connectivity index is 0.00000264. The van der Waals surface area contributed by atoms with Crippen LogP contribution in [0, 0.1) is 5.92 Å². The van der Waals surface area contributed by atoms with Gasteiger partial charge in [0.2, 0.25) is 0 Å². The molecule has 130 valence electrons. The van der Waals surface area contributed by atoms with Gasteiger partial charge in [-0.2, -0.15) is 0 Å².